The second-order valence-electron chi connectivity index (χ2n) is 2.15. The molecular formula is C8H8ClFN2. The first kappa shape index (κ1) is 9.00. The van der Waals surface area contributed by atoms with Crippen molar-refractivity contribution in [2.75, 3.05) is 11.9 Å². The van der Waals surface area contributed by atoms with Gasteiger partial charge in [0.15, 0.2) is 11.6 Å². The Kier molecular flexibility index (Phi) is 3.05. The Labute approximate surface area is 75.1 Å². The number of nitrogens with zero attached hydrogens (tertiary/aromatic N) is 1. The van der Waals surface area contributed by atoms with E-state index < -0.39 is 5.82 Å². The number of rotatable bonds is 3. The smallest absolute Gasteiger partial charge is 0.166 e. The Hall–Kier alpha value is -1.09. The van der Waals surface area contributed by atoms with Gasteiger partial charge in [-0.3, -0.25) is 0 Å². The van der Waals surface area contributed by atoms with Gasteiger partial charge in [-0.2, -0.15) is 0 Å². The Bertz CT molecular complexity index is 288. The molecule has 0 radical (unpaired) electrons. The zero-order valence-electron chi connectivity index (χ0n) is 6.35. The molecule has 0 atom stereocenters. The maximum atomic E-state index is 12.9. The van der Waals surface area contributed by atoms with Crippen molar-refractivity contribution in [3.63, 3.8) is 0 Å². The van der Waals surface area contributed by atoms with E-state index >= 15 is 0 Å². The average Bonchev–Trinajstić information content (AvgIpc) is 2.03. The molecule has 0 spiro atoms. The Morgan fingerprint density at radius 2 is 2.50 bits per heavy atom. The van der Waals surface area contributed by atoms with Crippen LogP contribution in [0.1, 0.15) is 0 Å². The van der Waals surface area contributed by atoms with E-state index in [-0.39, 0.29) is 10.8 Å². The third-order valence-corrected chi connectivity index (χ3v) is 1.43. The summed E-state index contributed by atoms with van der Waals surface area (Å²) in [5, 5.41) is 3.02. The van der Waals surface area contributed by atoms with Gasteiger partial charge < -0.3 is 5.32 Å². The maximum absolute atomic E-state index is 12.9. The van der Waals surface area contributed by atoms with E-state index in [0.29, 0.717) is 6.54 Å². The van der Waals surface area contributed by atoms with E-state index in [0.717, 1.165) is 0 Å². The fourth-order valence-electron chi connectivity index (χ4n) is 0.713. The number of aromatic nitrogens is 1. The van der Waals surface area contributed by atoms with E-state index in [2.05, 4.69) is 16.9 Å². The van der Waals surface area contributed by atoms with Crippen LogP contribution < -0.4 is 5.32 Å². The molecule has 1 heterocycles. The summed E-state index contributed by atoms with van der Waals surface area (Å²) in [5.41, 5.74) is 0. The van der Waals surface area contributed by atoms with Gasteiger partial charge in [-0.25, -0.2) is 9.37 Å². The molecule has 1 aromatic rings. The molecule has 64 valence electrons. The number of hydrogen-bond donors (Lipinski definition) is 1. The van der Waals surface area contributed by atoms with Gasteiger partial charge in [0, 0.05) is 12.7 Å². The standard InChI is InChI=1S/C8H8ClFN2/c1-2-3-11-8-7(10)4-6(9)5-12-8/h2,4-5H,1,3H2,(H,11,12). The summed E-state index contributed by atoms with van der Waals surface area (Å²) in [6.45, 7) is 3.96. The predicted octanol–water partition coefficient (Wildman–Crippen LogP) is 2.47. The Morgan fingerprint density at radius 1 is 1.75 bits per heavy atom. The lowest BCUT2D eigenvalue weighted by Gasteiger charge is -2.02. The minimum atomic E-state index is -0.454. The molecule has 1 rings (SSSR count). The zero-order chi connectivity index (χ0) is 8.97. The van der Waals surface area contributed by atoms with E-state index in [1.165, 1.54) is 12.3 Å². The van der Waals surface area contributed by atoms with E-state index in [1.807, 2.05) is 0 Å². The fraction of sp³-hybridized carbons (Fsp3) is 0.125. The minimum absolute atomic E-state index is 0.194. The molecule has 0 aliphatic rings. The van der Waals surface area contributed by atoms with Crippen LogP contribution in [0.15, 0.2) is 24.9 Å². The van der Waals surface area contributed by atoms with Crippen LogP contribution in [0.5, 0.6) is 0 Å². The van der Waals surface area contributed by atoms with Crippen molar-refractivity contribution < 1.29 is 4.39 Å². The van der Waals surface area contributed by atoms with Gasteiger partial charge in [-0.05, 0) is 6.07 Å². The summed E-state index contributed by atoms with van der Waals surface area (Å²) in [6, 6.07) is 1.21. The number of nitrogens with one attached hydrogen (secondary N) is 1. The van der Waals surface area contributed by atoms with Gasteiger partial charge in [0.25, 0.3) is 0 Å². The van der Waals surface area contributed by atoms with Crippen LogP contribution in [0.4, 0.5) is 10.2 Å². The summed E-state index contributed by atoms with van der Waals surface area (Å²) >= 11 is 5.50. The SMILES string of the molecule is C=CCNc1ncc(Cl)cc1F. The highest BCUT2D eigenvalue weighted by Crippen LogP contribution is 2.14. The molecule has 1 N–H and O–H groups in total. The van der Waals surface area contributed by atoms with Gasteiger partial charge in [0.2, 0.25) is 0 Å². The number of anilines is 1. The van der Waals surface area contributed by atoms with Crippen LogP contribution >= 0.6 is 11.6 Å². The molecule has 0 fully saturated rings. The average molecular weight is 187 g/mol. The number of halogens is 2. The lowest BCUT2D eigenvalue weighted by atomic mass is 10.4. The predicted molar refractivity (Wildman–Crippen MR) is 47.9 cm³/mol. The first-order valence-corrected chi connectivity index (χ1v) is 3.77. The molecule has 0 aliphatic carbocycles. The normalized spacial score (nSPS) is 9.50. The lowest BCUT2D eigenvalue weighted by molar-refractivity contribution is 0.625. The van der Waals surface area contributed by atoms with Gasteiger partial charge in [0.05, 0.1) is 5.02 Å². The quantitative estimate of drug-likeness (QED) is 0.734. The van der Waals surface area contributed by atoms with Crippen LogP contribution in [-0.4, -0.2) is 11.5 Å². The van der Waals surface area contributed by atoms with E-state index in [4.69, 9.17) is 11.6 Å². The van der Waals surface area contributed by atoms with Crippen molar-refractivity contribution in [3.8, 4) is 0 Å². The topological polar surface area (TPSA) is 24.9 Å². The minimum Gasteiger partial charge on any atom is -0.364 e. The van der Waals surface area contributed by atoms with Crippen LogP contribution in [0.2, 0.25) is 5.02 Å². The van der Waals surface area contributed by atoms with Crippen molar-refractivity contribution >= 4 is 17.4 Å². The molecular weight excluding hydrogens is 179 g/mol. The van der Waals surface area contributed by atoms with Crippen LogP contribution in [0.25, 0.3) is 0 Å². The molecule has 0 saturated carbocycles. The summed E-state index contributed by atoms with van der Waals surface area (Å²) < 4.78 is 12.9. The summed E-state index contributed by atoms with van der Waals surface area (Å²) in [4.78, 5) is 3.75. The van der Waals surface area contributed by atoms with Crippen LogP contribution in [-0.2, 0) is 0 Å². The van der Waals surface area contributed by atoms with Crippen molar-refractivity contribution in [1.82, 2.24) is 4.98 Å². The highest BCUT2D eigenvalue weighted by atomic mass is 35.5. The lowest BCUT2D eigenvalue weighted by Crippen LogP contribution is -2.02. The van der Waals surface area contributed by atoms with Gasteiger partial charge >= 0.3 is 0 Å². The van der Waals surface area contributed by atoms with E-state index in [1.54, 1.807) is 6.08 Å². The molecule has 0 aliphatic heterocycles. The third-order valence-electron chi connectivity index (χ3n) is 1.22. The highest BCUT2D eigenvalue weighted by Gasteiger charge is 2.01. The van der Waals surface area contributed by atoms with Crippen molar-refractivity contribution in [2.45, 2.75) is 0 Å². The van der Waals surface area contributed by atoms with Gasteiger partial charge in [-0.15, -0.1) is 6.58 Å². The first-order valence-electron chi connectivity index (χ1n) is 3.40. The molecule has 2 nitrogen and oxygen atoms in total. The molecule has 0 unspecified atom stereocenters. The van der Waals surface area contributed by atoms with E-state index in [9.17, 15) is 4.39 Å². The zero-order valence-corrected chi connectivity index (χ0v) is 7.11. The second kappa shape index (κ2) is 4.07. The van der Waals surface area contributed by atoms with Crippen LogP contribution in [0.3, 0.4) is 0 Å². The fourth-order valence-corrected chi connectivity index (χ4v) is 0.858. The van der Waals surface area contributed by atoms with Gasteiger partial charge in [-0.1, -0.05) is 17.7 Å². The monoisotopic (exact) mass is 186 g/mol. The summed E-state index contributed by atoms with van der Waals surface area (Å²) in [6.07, 6.45) is 3.01. The second-order valence-corrected chi connectivity index (χ2v) is 2.59. The molecule has 0 aromatic carbocycles. The molecule has 4 heteroatoms. The maximum Gasteiger partial charge on any atom is 0.166 e. The summed E-state index contributed by atoms with van der Waals surface area (Å²) in [5.74, 6) is -0.261. The third kappa shape index (κ3) is 2.20. The highest BCUT2D eigenvalue weighted by molar-refractivity contribution is 6.30. The molecule has 0 saturated heterocycles. The molecule has 0 amide bonds. The van der Waals surface area contributed by atoms with Crippen molar-refractivity contribution in [2.24, 2.45) is 0 Å². The van der Waals surface area contributed by atoms with Crippen molar-refractivity contribution in [3.05, 3.63) is 35.8 Å². The van der Waals surface area contributed by atoms with Crippen LogP contribution in [0, 0.1) is 5.82 Å². The van der Waals surface area contributed by atoms with Crippen molar-refractivity contribution in [1.29, 1.82) is 0 Å². The Morgan fingerprint density at radius 3 is 3.08 bits per heavy atom. The Balaban J connectivity index is 2.78. The molecule has 1 aromatic heterocycles. The van der Waals surface area contributed by atoms with Gasteiger partial charge in [0.1, 0.15) is 0 Å². The summed E-state index contributed by atoms with van der Waals surface area (Å²) in [7, 11) is 0. The number of pyridine rings is 1. The molecule has 12 heavy (non-hydrogen) atoms. The molecule has 0 bridgehead atoms. The largest absolute Gasteiger partial charge is 0.364 e. The first-order chi connectivity index (χ1) is 5.74. The number of hydrogen-bond acceptors (Lipinski definition) is 2.